The molecule has 4 N–H and O–H groups in total. The average Bonchev–Trinajstić information content (AvgIpc) is 2.87. The van der Waals surface area contributed by atoms with Gasteiger partial charge in [-0.15, -0.1) is 0 Å². The molecule has 4 rings (SSSR count). The van der Waals surface area contributed by atoms with E-state index in [2.05, 4.69) is 14.6 Å². The van der Waals surface area contributed by atoms with Crippen molar-refractivity contribution in [2.24, 2.45) is 5.73 Å². The highest BCUT2D eigenvalue weighted by Gasteiger charge is 2.35. The van der Waals surface area contributed by atoms with Crippen molar-refractivity contribution in [1.29, 1.82) is 0 Å². The number of carbonyl (C=O) groups excluding carboxylic acids is 1. The van der Waals surface area contributed by atoms with Crippen LogP contribution in [0.1, 0.15) is 18.2 Å². The van der Waals surface area contributed by atoms with Gasteiger partial charge in [0.2, 0.25) is 15.9 Å². The van der Waals surface area contributed by atoms with Gasteiger partial charge in [-0.05, 0) is 49.9 Å². The monoisotopic (exact) mass is 527 g/mol. The number of hydrogen-bond donors (Lipinski definition) is 3. The van der Waals surface area contributed by atoms with E-state index in [1.165, 1.54) is 12.1 Å². The lowest BCUT2D eigenvalue weighted by molar-refractivity contribution is -0.128. The summed E-state index contributed by atoms with van der Waals surface area (Å²) < 4.78 is 34.0. The topological polar surface area (TPSA) is 138 Å². The predicted octanol–water partition coefficient (Wildman–Crippen LogP) is 1.21. The number of carbonyl (C=O) groups is 1. The first-order valence-corrected chi connectivity index (χ1v) is 13.7. The summed E-state index contributed by atoms with van der Waals surface area (Å²) in [6.07, 6.45) is -1.69. The normalized spacial score (nSPS) is 16.9. The first-order chi connectivity index (χ1) is 17.7. The smallest absolute Gasteiger partial charge is 0.242 e. The van der Waals surface area contributed by atoms with Crippen molar-refractivity contribution in [2.75, 3.05) is 32.7 Å². The number of likely N-dealkylation sites (N-methyl/N-ethyl adjacent to an activating group) is 1. The summed E-state index contributed by atoms with van der Waals surface area (Å²) in [5.41, 5.74) is 8.27. The maximum atomic E-state index is 12.9. The van der Waals surface area contributed by atoms with E-state index in [4.69, 9.17) is 10.5 Å². The summed E-state index contributed by atoms with van der Waals surface area (Å²) in [5.74, 6) is -0.301. The Morgan fingerprint density at radius 3 is 2.46 bits per heavy atom. The van der Waals surface area contributed by atoms with E-state index < -0.39 is 28.2 Å². The fourth-order valence-electron chi connectivity index (χ4n) is 4.57. The van der Waals surface area contributed by atoms with Crippen LogP contribution in [0.5, 0.6) is 5.75 Å². The van der Waals surface area contributed by atoms with Crippen LogP contribution in [0, 0.1) is 6.92 Å². The number of aliphatic hydroxyl groups excluding tert-OH is 1. The molecule has 1 fully saturated rings. The fourth-order valence-corrected chi connectivity index (χ4v) is 5.65. The van der Waals surface area contributed by atoms with Crippen molar-refractivity contribution in [3.05, 3.63) is 65.9 Å². The first kappa shape index (κ1) is 27.0. The number of sulfonamides is 1. The highest BCUT2D eigenvalue weighted by Crippen LogP contribution is 2.22. The van der Waals surface area contributed by atoms with E-state index >= 15 is 0 Å². The predicted molar refractivity (Wildman–Crippen MR) is 140 cm³/mol. The molecule has 1 aromatic heterocycles. The van der Waals surface area contributed by atoms with Crippen molar-refractivity contribution in [1.82, 2.24) is 19.5 Å². The van der Waals surface area contributed by atoms with Gasteiger partial charge in [-0.25, -0.2) is 8.42 Å². The second-order valence-corrected chi connectivity index (χ2v) is 10.8. The molecule has 1 aliphatic heterocycles. The van der Waals surface area contributed by atoms with Gasteiger partial charge in [-0.1, -0.05) is 25.1 Å². The Morgan fingerprint density at radius 1 is 1.14 bits per heavy atom. The maximum absolute atomic E-state index is 12.9. The summed E-state index contributed by atoms with van der Waals surface area (Å²) in [7, 11) is -4.12. The van der Waals surface area contributed by atoms with E-state index in [0.29, 0.717) is 38.5 Å². The Bertz CT molecular complexity index is 1340. The van der Waals surface area contributed by atoms with E-state index in [9.17, 15) is 18.3 Å². The number of nitrogens with one attached hydrogen (secondary N) is 1. The molecule has 2 aromatic carbocycles. The molecule has 198 valence electrons. The molecule has 2 unspecified atom stereocenters. The number of aryl methyl sites for hydroxylation is 1. The molecule has 0 saturated carbocycles. The maximum Gasteiger partial charge on any atom is 0.242 e. The number of aromatic nitrogens is 1. The van der Waals surface area contributed by atoms with Crippen LogP contribution in [0.4, 0.5) is 0 Å². The van der Waals surface area contributed by atoms with Gasteiger partial charge in [0, 0.05) is 42.8 Å². The highest BCUT2D eigenvalue weighted by molar-refractivity contribution is 7.89. The zero-order valence-electron chi connectivity index (χ0n) is 21.0. The number of primary amides is 1. The van der Waals surface area contributed by atoms with Gasteiger partial charge in [-0.3, -0.25) is 14.7 Å². The highest BCUT2D eigenvalue weighted by atomic mass is 32.2. The third-order valence-electron chi connectivity index (χ3n) is 6.57. The molecule has 1 aliphatic rings. The summed E-state index contributed by atoms with van der Waals surface area (Å²) >= 11 is 0. The van der Waals surface area contributed by atoms with Crippen molar-refractivity contribution < 1.29 is 23.1 Å². The number of piperazine rings is 1. The quantitative estimate of drug-likeness (QED) is 0.335. The van der Waals surface area contributed by atoms with Crippen molar-refractivity contribution >= 4 is 26.8 Å². The molecular formula is C26H33N5O5S. The lowest BCUT2D eigenvalue weighted by Gasteiger charge is -2.39. The van der Waals surface area contributed by atoms with Crippen molar-refractivity contribution in [2.45, 2.75) is 37.6 Å². The molecule has 0 radical (unpaired) electrons. The number of fused-ring (bicyclic) bond motifs is 1. The van der Waals surface area contributed by atoms with Gasteiger partial charge in [0.15, 0.2) is 0 Å². The Kier molecular flexibility index (Phi) is 8.40. The molecule has 0 bridgehead atoms. The molecule has 2 atom stereocenters. The molecule has 10 nitrogen and oxygen atoms in total. The van der Waals surface area contributed by atoms with Crippen molar-refractivity contribution in [3.63, 3.8) is 0 Å². The third-order valence-corrected chi connectivity index (χ3v) is 8.02. The standard InChI is InChI=1S/C26H33N5O5S/c1-3-30-12-14-31(15-13-30)24(25(27)32)26(33)29-37(34,35)21-10-8-20(9-11-21)36-17-19-16-18(2)28-23-7-5-4-6-22(19)23/h4-11,16,24,26,29,33H,3,12-15,17H2,1-2H3,(H2,27,32). The number of benzene rings is 2. The number of nitrogens with two attached hydrogens (primary N) is 1. The second-order valence-electron chi connectivity index (χ2n) is 9.08. The van der Waals surface area contributed by atoms with Gasteiger partial charge < -0.3 is 20.5 Å². The summed E-state index contributed by atoms with van der Waals surface area (Å²) in [6.45, 7) is 7.54. The largest absolute Gasteiger partial charge is 0.489 e. The minimum Gasteiger partial charge on any atom is -0.489 e. The Hall–Kier alpha value is -3.09. The Balaban J connectivity index is 1.41. The van der Waals surface area contributed by atoms with E-state index in [1.54, 1.807) is 17.0 Å². The van der Waals surface area contributed by atoms with Gasteiger partial charge in [0.25, 0.3) is 0 Å². The van der Waals surface area contributed by atoms with Gasteiger partial charge in [0.05, 0.1) is 10.4 Å². The van der Waals surface area contributed by atoms with Crippen LogP contribution < -0.4 is 15.2 Å². The average molecular weight is 528 g/mol. The molecule has 1 saturated heterocycles. The van der Waals surface area contributed by atoms with Gasteiger partial charge in [-0.2, -0.15) is 4.72 Å². The van der Waals surface area contributed by atoms with E-state index in [0.717, 1.165) is 28.7 Å². The molecule has 37 heavy (non-hydrogen) atoms. The van der Waals surface area contributed by atoms with E-state index in [-0.39, 0.29) is 4.90 Å². The number of ether oxygens (including phenoxy) is 1. The van der Waals surface area contributed by atoms with E-state index in [1.807, 2.05) is 44.2 Å². The minimum atomic E-state index is -4.12. The molecule has 0 spiro atoms. The molecule has 1 amide bonds. The van der Waals surface area contributed by atoms with Crippen LogP contribution in [-0.2, 0) is 21.4 Å². The number of aliphatic hydroxyl groups is 1. The Labute approximate surface area is 217 Å². The van der Waals surface area contributed by atoms with Crippen LogP contribution in [0.3, 0.4) is 0 Å². The zero-order chi connectivity index (χ0) is 26.6. The molecule has 3 aromatic rings. The zero-order valence-corrected chi connectivity index (χ0v) is 21.8. The van der Waals surface area contributed by atoms with Crippen LogP contribution in [0.25, 0.3) is 10.9 Å². The number of nitrogens with zero attached hydrogens (tertiary/aromatic N) is 3. The van der Waals surface area contributed by atoms with Crippen LogP contribution in [-0.4, -0.2) is 79.2 Å². The van der Waals surface area contributed by atoms with Crippen molar-refractivity contribution in [3.8, 4) is 5.75 Å². The second kappa shape index (κ2) is 11.5. The Morgan fingerprint density at radius 2 is 1.81 bits per heavy atom. The lowest BCUT2D eigenvalue weighted by atomic mass is 10.1. The SMILES string of the molecule is CCN1CCN(C(C(N)=O)C(O)NS(=O)(=O)c2ccc(OCc3cc(C)nc4ccccc34)cc2)CC1. The number of rotatable bonds is 10. The summed E-state index contributed by atoms with van der Waals surface area (Å²) in [6, 6.07) is 14.5. The van der Waals surface area contributed by atoms with Gasteiger partial charge >= 0.3 is 0 Å². The van der Waals surface area contributed by atoms with Crippen LogP contribution in [0.2, 0.25) is 0 Å². The molecule has 2 heterocycles. The summed E-state index contributed by atoms with van der Waals surface area (Å²) in [4.78, 5) is 20.5. The molecular weight excluding hydrogens is 494 g/mol. The molecule has 11 heteroatoms. The summed E-state index contributed by atoms with van der Waals surface area (Å²) in [5, 5.41) is 11.6. The third kappa shape index (κ3) is 6.43. The minimum absolute atomic E-state index is 0.0665. The number of amides is 1. The fraction of sp³-hybridized carbons (Fsp3) is 0.385. The number of hydrogen-bond acceptors (Lipinski definition) is 8. The first-order valence-electron chi connectivity index (χ1n) is 12.2. The number of pyridine rings is 1. The number of para-hydroxylation sites is 1. The van der Waals surface area contributed by atoms with Crippen LogP contribution in [0.15, 0.2) is 59.5 Å². The van der Waals surface area contributed by atoms with Crippen LogP contribution >= 0.6 is 0 Å². The van der Waals surface area contributed by atoms with Gasteiger partial charge in [0.1, 0.15) is 24.6 Å². The lowest BCUT2D eigenvalue weighted by Crippen LogP contribution is -2.61. The molecule has 0 aliphatic carbocycles.